The summed E-state index contributed by atoms with van der Waals surface area (Å²) in [6.45, 7) is 11.5. The molecule has 1 aliphatic carbocycles. The van der Waals surface area contributed by atoms with Crippen molar-refractivity contribution < 1.29 is 14.6 Å². The van der Waals surface area contributed by atoms with Gasteiger partial charge in [-0.3, -0.25) is 0 Å². The molecule has 0 fully saturated rings. The largest absolute Gasteiger partial charge is 0.429 e. The van der Waals surface area contributed by atoms with E-state index in [2.05, 4.69) is 46.8 Å². The first-order chi connectivity index (χ1) is 13.2. The van der Waals surface area contributed by atoms with Crippen molar-refractivity contribution in [2.75, 3.05) is 0 Å². The lowest BCUT2D eigenvalue weighted by Gasteiger charge is -2.35. The van der Waals surface area contributed by atoms with E-state index in [0.29, 0.717) is 17.4 Å². The summed E-state index contributed by atoms with van der Waals surface area (Å²) in [6, 6.07) is 0. The van der Waals surface area contributed by atoms with Gasteiger partial charge >= 0.3 is 5.97 Å². The number of allylic oxidation sites excluding steroid dienone is 6. The summed E-state index contributed by atoms with van der Waals surface area (Å²) in [5, 5.41) is 9.58. The Labute approximate surface area is 171 Å². The molecule has 2 aliphatic rings. The van der Waals surface area contributed by atoms with E-state index < -0.39 is 12.3 Å². The van der Waals surface area contributed by atoms with Crippen LogP contribution in [-0.2, 0) is 9.53 Å². The fourth-order valence-electron chi connectivity index (χ4n) is 4.42. The molecule has 0 aromatic rings. The molecule has 3 nitrogen and oxygen atoms in total. The van der Waals surface area contributed by atoms with E-state index in [1.54, 1.807) is 11.1 Å². The lowest BCUT2D eigenvalue weighted by atomic mass is 9.71. The van der Waals surface area contributed by atoms with Gasteiger partial charge in [-0.15, -0.1) is 0 Å². The predicted molar refractivity (Wildman–Crippen MR) is 116 cm³/mol. The lowest BCUT2D eigenvalue weighted by molar-refractivity contribution is -0.151. The first-order valence-corrected chi connectivity index (χ1v) is 10.8. The quantitative estimate of drug-likeness (QED) is 0.361. The van der Waals surface area contributed by atoms with Crippen molar-refractivity contribution in [3.05, 3.63) is 46.1 Å². The van der Waals surface area contributed by atoms with Crippen LogP contribution in [0.5, 0.6) is 0 Å². The summed E-state index contributed by atoms with van der Waals surface area (Å²) in [6.07, 6.45) is 14.9. The first kappa shape index (κ1) is 22.7. The zero-order chi connectivity index (χ0) is 20.7. The van der Waals surface area contributed by atoms with Crippen molar-refractivity contribution in [3.63, 3.8) is 0 Å². The number of esters is 1. The molecule has 0 spiro atoms. The minimum atomic E-state index is -1.04. The number of cyclic esters (lactones) is 1. The Hall–Kier alpha value is -1.61. The standard InChI is InChI=1S/C25H38O3/c1-18(11-7-13-21-17-23(26)28-24(21)27)9-6-10-19(2)14-15-22-20(3)12-8-16-25(22,4)5/h10-11,17,24,27H,6-9,12-16H2,1-5H3/b18-11+,19-10+/t24-/m0/s1. The SMILES string of the molecule is CC1=C(CC/C(C)=C/CC/C(C)=C/CCC2=CC(=O)O[C@@H]2O)C(C)(C)CCC1. The fraction of sp³-hybridized carbons (Fsp3) is 0.640. The molecule has 0 amide bonds. The van der Waals surface area contributed by atoms with Gasteiger partial charge in [0.15, 0.2) is 0 Å². The second-order valence-electron chi connectivity index (χ2n) is 9.18. The maximum absolute atomic E-state index is 11.1. The van der Waals surface area contributed by atoms with E-state index in [-0.39, 0.29) is 0 Å². The van der Waals surface area contributed by atoms with Crippen LogP contribution in [0.15, 0.2) is 46.1 Å². The smallest absolute Gasteiger partial charge is 0.333 e. The molecular formula is C25H38O3. The Morgan fingerprint density at radius 2 is 1.86 bits per heavy atom. The van der Waals surface area contributed by atoms with Crippen molar-refractivity contribution in [3.8, 4) is 0 Å². The van der Waals surface area contributed by atoms with Gasteiger partial charge in [0.05, 0.1) is 0 Å². The van der Waals surface area contributed by atoms with Gasteiger partial charge in [0.2, 0.25) is 6.29 Å². The average Bonchev–Trinajstić information content (AvgIpc) is 2.91. The van der Waals surface area contributed by atoms with Gasteiger partial charge in [0, 0.05) is 11.6 Å². The van der Waals surface area contributed by atoms with Crippen LogP contribution in [0.2, 0.25) is 0 Å². The highest BCUT2D eigenvalue weighted by Gasteiger charge is 2.27. The van der Waals surface area contributed by atoms with Crippen LogP contribution >= 0.6 is 0 Å². The highest BCUT2D eigenvalue weighted by Crippen LogP contribution is 2.42. The number of aliphatic hydroxyl groups is 1. The molecule has 156 valence electrons. The van der Waals surface area contributed by atoms with Gasteiger partial charge in [0.25, 0.3) is 0 Å². The molecule has 1 heterocycles. The van der Waals surface area contributed by atoms with Crippen LogP contribution in [0, 0.1) is 5.41 Å². The highest BCUT2D eigenvalue weighted by atomic mass is 16.6. The normalized spacial score (nSPS) is 23.1. The second-order valence-corrected chi connectivity index (χ2v) is 9.18. The number of carbonyl (C=O) groups excluding carboxylic acids is 1. The van der Waals surface area contributed by atoms with Gasteiger partial charge < -0.3 is 9.84 Å². The van der Waals surface area contributed by atoms with Crippen molar-refractivity contribution in [2.45, 2.75) is 98.7 Å². The van der Waals surface area contributed by atoms with E-state index >= 15 is 0 Å². The maximum Gasteiger partial charge on any atom is 0.333 e. The van der Waals surface area contributed by atoms with E-state index in [1.807, 2.05) is 0 Å². The third-order valence-electron chi connectivity index (χ3n) is 6.26. The molecular weight excluding hydrogens is 348 g/mol. The monoisotopic (exact) mass is 386 g/mol. The zero-order valence-corrected chi connectivity index (χ0v) is 18.4. The Balaban J connectivity index is 1.72. The zero-order valence-electron chi connectivity index (χ0n) is 18.4. The molecule has 0 bridgehead atoms. The Morgan fingerprint density at radius 1 is 1.18 bits per heavy atom. The Bertz CT molecular complexity index is 689. The van der Waals surface area contributed by atoms with Gasteiger partial charge in [0.1, 0.15) is 0 Å². The summed E-state index contributed by atoms with van der Waals surface area (Å²) >= 11 is 0. The molecule has 28 heavy (non-hydrogen) atoms. The summed E-state index contributed by atoms with van der Waals surface area (Å²) in [5.41, 5.74) is 7.21. The molecule has 0 saturated carbocycles. The van der Waals surface area contributed by atoms with Gasteiger partial charge in [-0.05, 0) is 84.0 Å². The van der Waals surface area contributed by atoms with Crippen molar-refractivity contribution >= 4 is 5.97 Å². The molecule has 0 unspecified atom stereocenters. The third kappa shape index (κ3) is 6.77. The van der Waals surface area contributed by atoms with Crippen LogP contribution < -0.4 is 0 Å². The third-order valence-corrected chi connectivity index (χ3v) is 6.26. The van der Waals surface area contributed by atoms with Crippen molar-refractivity contribution in [1.82, 2.24) is 0 Å². The van der Waals surface area contributed by atoms with Gasteiger partial charge in [-0.1, -0.05) is 48.3 Å². The Morgan fingerprint density at radius 3 is 2.50 bits per heavy atom. The summed E-state index contributed by atoms with van der Waals surface area (Å²) < 4.78 is 4.70. The number of aliphatic hydroxyl groups excluding tert-OH is 1. The highest BCUT2D eigenvalue weighted by molar-refractivity contribution is 5.85. The van der Waals surface area contributed by atoms with Crippen molar-refractivity contribution in [2.24, 2.45) is 5.41 Å². The molecule has 2 rings (SSSR count). The number of ether oxygens (including phenoxy) is 1. The molecule has 1 atom stereocenters. The van der Waals surface area contributed by atoms with Crippen LogP contribution in [0.25, 0.3) is 0 Å². The number of hydrogen-bond acceptors (Lipinski definition) is 3. The number of rotatable bonds is 9. The molecule has 1 aliphatic heterocycles. The molecule has 0 aromatic heterocycles. The van der Waals surface area contributed by atoms with E-state index in [1.165, 1.54) is 49.3 Å². The van der Waals surface area contributed by atoms with Gasteiger partial charge in [-0.2, -0.15) is 0 Å². The lowest BCUT2D eigenvalue weighted by Crippen LogP contribution is -2.20. The average molecular weight is 387 g/mol. The molecule has 0 aromatic carbocycles. The first-order valence-electron chi connectivity index (χ1n) is 10.8. The predicted octanol–water partition coefficient (Wildman–Crippen LogP) is 6.55. The molecule has 0 saturated heterocycles. The maximum atomic E-state index is 11.1. The minimum Gasteiger partial charge on any atom is -0.429 e. The van der Waals surface area contributed by atoms with Crippen LogP contribution in [0.1, 0.15) is 92.4 Å². The number of hydrogen-bond donors (Lipinski definition) is 1. The Kier molecular flexibility index (Phi) is 8.30. The van der Waals surface area contributed by atoms with Gasteiger partial charge in [-0.25, -0.2) is 4.79 Å². The van der Waals surface area contributed by atoms with Crippen LogP contribution in [0.4, 0.5) is 0 Å². The molecule has 3 heteroatoms. The van der Waals surface area contributed by atoms with Crippen LogP contribution in [0.3, 0.4) is 0 Å². The topological polar surface area (TPSA) is 46.5 Å². The van der Waals surface area contributed by atoms with E-state index in [9.17, 15) is 9.90 Å². The van der Waals surface area contributed by atoms with Crippen LogP contribution in [-0.4, -0.2) is 17.4 Å². The van der Waals surface area contributed by atoms with E-state index in [4.69, 9.17) is 4.74 Å². The van der Waals surface area contributed by atoms with E-state index in [0.717, 1.165) is 19.3 Å². The minimum absolute atomic E-state index is 0.375. The second kappa shape index (κ2) is 10.2. The van der Waals surface area contributed by atoms with Crippen molar-refractivity contribution in [1.29, 1.82) is 0 Å². The number of carbonyl (C=O) groups is 1. The molecule has 1 N–H and O–H groups in total. The summed E-state index contributed by atoms with van der Waals surface area (Å²) in [5.74, 6) is -0.439. The fourth-order valence-corrected chi connectivity index (χ4v) is 4.42. The summed E-state index contributed by atoms with van der Waals surface area (Å²) in [4.78, 5) is 11.1. The molecule has 0 radical (unpaired) electrons. The summed E-state index contributed by atoms with van der Waals surface area (Å²) in [7, 11) is 0.